The molecule has 0 radical (unpaired) electrons. The van der Waals surface area contributed by atoms with Gasteiger partial charge in [-0.2, -0.15) is 0 Å². The average molecular weight is 202 g/mol. The predicted molar refractivity (Wildman–Crippen MR) is 55.5 cm³/mol. The zero-order valence-corrected chi connectivity index (χ0v) is 8.38. The summed E-state index contributed by atoms with van der Waals surface area (Å²) in [5, 5.41) is 19.8. The molecule has 2 heteroatoms. The van der Waals surface area contributed by atoms with E-state index in [0.717, 1.165) is 6.42 Å². The molecule has 3 aliphatic carbocycles. The van der Waals surface area contributed by atoms with Crippen LogP contribution in [0.4, 0.5) is 0 Å². The molecule has 1 aromatic rings. The Balaban J connectivity index is 1.84. The smallest absolute Gasteiger partial charge is 0.0836 e. The van der Waals surface area contributed by atoms with Crippen LogP contribution in [0.2, 0.25) is 0 Å². The van der Waals surface area contributed by atoms with Gasteiger partial charge in [0, 0.05) is 0 Å². The molecule has 15 heavy (non-hydrogen) atoms. The van der Waals surface area contributed by atoms with Gasteiger partial charge in [0.05, 0.1) is 12.2 Å². The Morgan fingerprint density at radius 3 is 1.80 bits per heavy atom. The van der Waals surface area contributed by atoms with Crippen molar-refractivity contribution in [2.45, 2.75) is 30.5 Å². The SMILES string of the molecule is OC1C(O)C2CC1C1c3ccccc3C21. The van der Waals surface area contributed by atoms with Crippen molar-refractivity contribution in [3.63, 3.8) is 0 Å². The fourth-order valence-corrected chi connectivity index (χ4v) is 4.22. The van der Waals surface area contributed by atoms with Crippen molar-refractivity contribution in [1.82, 2.24) is 0 Å². The van der Waals surface area contributed by atoms with E-state index in [-0.39, 0.29) is 0 Å². The van der Waals surface area contributed by atoms with Crippen molar-refractivity contribution >= 4 is 0 Å². The van der Waals surface area contributed by atoms with Crippen LogP contribution in [0, 0.1) is 11.8 Å². The Bertz CT molecular complexity index is 389. The summed E-state index contributed by atoms with van der Waals surface area (Å²) in [6, 6.07) is 8.50. The van der Waals surface area contributed by atoms with E-state index in [1.807, 2.05) is 0 Å². The highest BCUT2D eigenvalue weighted by Gasteiger charge is 2.62. The Morgan fingerprint density at radius 1 is 0.867 bits per heavy atom. The van der Waals surface area contributed by atoms with Crippen molar-refractivity contribution in [3.8, 4) is 0 Å². The topological polar surface area (TPSA) is 40.5 Å². The lowest BCUT2D eigenvalue weighted by Crippen LogP contribution is -2.44. The maximum Gasteiger partial charge on any atom is 0.0836 e. The summed E-state index contributed by atoms with van der Waals surface area (Å²) in [5.41, 5.74) is 2.84. The van der Waals surface area contributed by atoms with Crippen LogP contribution in [0.5, 0.6) is 0 Å². The minimum Gasteiger partial charge on any atom is -0.390 e. The summed E-state index contributed by atoms with van der Waals surface area (Å²) in [4.78, 5) is 0. The second-order valence-corrected chi connectivity index (χ2v) is 5.23. The lowest BCUT2D eigenvalue weighted by atomic mass is 9.60. The highest BCUT2D eigenvalue weighted by Crippen LogP contribution is 2.67. The van der Waals surface area contributed by atoms with Crippen LogP contribution in [0.3, 0.4) is 0 Å². The molecule has 0 spiro atoms. The minimum absolute atomic E-state index is 0.310. The van der Waals surface area contributed by atoms with Crippen molar-refractivity contribution in [1.29, 1.82) is 0 Å². The van der Waals surface area contributed by atoms with Gasteiger partial charge >= 0.3 is 0 Å². The molecule has 2 nitrogen and oxygen atoms in total. The van der Waals surface area contributed by atoms with Crippen molar-refractivity contribution in [3.05, 3.63) is 35.4 Å². The zero-order chi connectivity index (χ0) is 10.2. The quantitative estimate of drug-likeness (QED) is 0.664. The van der Waals surface area contributed by atoms with E-state index in [1.54, 1.807) is 0 Å². The molecule has 3 aliphatic rings. The molecule has 0 aliphatic heterocycles. The summed E-state index contributed by atoms with van der Waals surface area (Å²) in [7, 11) is 0. The summed E-state index contributed by atoms with van der Waals surface area (Å²) in [6.45, 7) is 0. The fraction of sp³-hybridized carbons (Fsp3) is 0.538. The first-order valence-electron chi connectivity index (χ1n) is 5.74. The highest BCUT2D eigenvalue weighted by atomic mass is 16.3. The molecule has 0 amide bonds. The molecule has 6 atom stereocenters. The van der Waals surface area contributed by atoms with E-state index in [2.05, 4.69) is 24.3 Å². The van der Waals surface area contributed by atoms with Gasteiger partial charge in [0.2, 0.25) is 0 Å². The van der Waals surface area contributed by atoms with Crippen molar-refractivity contribution in [2.24, 2.45) is 11.8 Å². The van der Waals surface area contributed by atoms with Crippen molar-refractivity contribution < 1.29 is 10.2 Å². The summed E-state index contributed by atoms with van der Waals surface area (Å²) < 4.78 is 0. The first-order valence-corrected chi connectivity index (χ1v) is 5.74. The second kappa shape index (κ2) is 2.45. The van der Waals surface area contributed by atoms with E-state index in [4.69, 9.17) is 0 Å². The van der Waals surface area contributed by atoms with E-state index >= 15 is 0 Å². The number of benzene rings is 1. The first kappa shape index (κ1) is 8.31. The molecule has 2 N–H and O–H groups in total. The molecule has 1 aromatic carbocycles. The first-order chi connectivity index (χ1) is 7.29. The molecule has 0 heterocycles. The standard InChI is InChI=1S/C13H14O2/c14-12-8-5-9(13(12)15)11-7-4-2-1-3-6(7)10(8)11/h1-4,8-15H,5H2. The molecule has 4 rings (SSSR count). The third-order valence-corrected chi connectivity index (χ3v) is 4.80. The molecule has 0 saturated heterocycles. The monoisotopic (exact) mass is 202 g/mol. The maximum atomic E-state index is 9.89. The van der Waals surface area contributed by atoms with Crippen LogP contribution in [0.1, 0.15) is 29.4 Å². The van der Waals surface area contributed by atoms with Gasteiger partial charge in [0.15, 0.2) is 0 Å². The van der Waals surface area contributed by atoms with Gasteiger partial charge in [0.25, 0.3) is 0 Å². The van der Waals surface area contributed by atoms with Crippen molar-refractivity contribution in [2.75, 3.05) is 0 Å². The third kappa shape index (κ3) is 0.766. The molecule has 0 aromatic heterocycles. The lowest BCUT2D eigenvalue weighted by Gasteiger charge is -2.46. The largest absolute Gasteiger partial charge is 0.390 e. The van der Waals surface area contributed by atoms with Crippen LogP contribution in [-0.4, -0.2) is 22.4 Å². The summed E-state index contributed by atoms with van der Waals surface area (Å²) in [6.07, 6.45) is 0.0426. The summed E-state index contributed by atoms with van der Waals surface area (Å²) >= 11 is 0. The minimum atomic E-state index is -0.482. The van der Waals surface area contributed by atoms with Crippen LogP contribution < -0.4 is 0 Å². The predicted octanol–water partition coefficient (Wildman–Crippen LogP) is 1.24. The molecule has 2 saturated carbocycles. The molecular weight excluding hydrogens is 188 g/mol. The van der Waals surface area contributed by atoms with Crippen LogP contribution >= 0.6 is 0 Å². The van der Waals surface area contributed by atoms with Gasteiger partial charge in [-0.3, -0.25) is 0 Å². The van der Waals surface area contributed by atoms with E-state index < -0.39 is 12.2 Å². The van der Waals surface area contributed by atoms with Crippen LogP contribution in [0.25, 0.3) is 0 Å². The number of hydrogen-bond acceptors (Lipinski definition) is 2. The maximum absolute atomic E-state index is 9.89. The summed E-state index contributed by atoms with van der Waals surface area (Å²) in [5.74, 6) is 1.68. The number of aliphatic hydroxyl groups excluding tert-OH is 2. The average Bonchev–Trinajstić information content (AvgIpc) is 2.70. The molecule has 6 unspecified atom stereocenters. The number of rotatable bonds is 0. The Labute approximate surface area is 88.6 Å². The Hall–Kier alpha value is -0.860. The van der Waals surface area contributed by atoms with Crippen LogP contribution in [0.15, 0.2) is 24.3 Å². The molecule has 2 bridgehead atoms. The molecule has 2 fully saturated rings. The molecule has 78 valence electrons. The fourth-order valence-electron chi connectivity index (χ4n) is 4.22. The number of aliphatic hydroxyl groups is 2. The Morgan fingerprint density at radius 2 is 1.33 bits per heavy atom. The van der Waals surface area contributed by atoms with E-state index in [1.165, 1.54) is 11.1 Å². The van der Waals surface area contributed by atoms with E-state index in [0.29, 0.717) is 23.7 Å². The highest BCUT2D eigenvalue weighted by molar-refractivity contribution is 5.49. The lowest BCUT2D eigenvalue weighted by molar-refractivity contribution is -0.0359. The van der Waals surface area contributed by atoms with Gasteiger partial charge in [0.1, 0.15) is 0 Å². The van der Waals surface area contributed by atoms with Gasteiger partial charge < -0.3 is 10.2 Å². The number of hydrogen-bond donors (Lipinski definition) is 2. The Kier molecular flexibility index (Phi) is 1.35. The molecular formula is C13H14O2. The van der Waals surface area contributed by atoms with Gasteiger partial charge in [-0.15, -0.1) is 0 Å². The van der Waals surface area contributed by atoms with Gasteiger partial charge in [-0.1, -0.05) is 24.3 Å². The van der Waals surface area contributed by atoms with E-state index in [9.17, 15) is 10.2 Å². The normalized spacial score (nSPS) is 49.7. The zero-order valence-electron chi connectivity index (χ0n) is 8.38. The number of fused-ring (bicyclic) bond motifs is 8. The van der Waals surface area contributed by atoms with Crippen LogP contribution in [-0.2, 0) is 0 Å². The third-order valence-electron chi connectivity index (χ3n) is 4.80. The second-order valence-electron chi connectivity index (χ2n) is 5.23. The van der Waals surface area contributed by atoms with Gasteiger partial charge in [-0.05, 0) is 41.2 Å². The van der Waals surface area contributed by atoms with Gasteiger partial charge in [-0.25, -0.2) is 0 Å².